The van der Waals surface area contributed by atoms with Gasteiger partial charge in [-0.3, -0.25) is 0 Å². The maximum atomic E-state index is 11.0. The third-order valence-electron chi connectivity index (χ3n) is 14.1. The highest BCUT2D eigenvalue weighted by Crippen LogP contribution is 2.45. The van der Waals surface area contributed by atoms with E-state index in [0.717, 1.165) is 109 Å². The molecule has 4 aliphatic rings. The Labute approximate surface area is 352 Å². The molecular formula is C48H62N4O8. The largest absolute Gasteiger partial charge is 0.508 e. The molecule has 12 N–H and O–H groups in total. The summed E-state index contributed by atoms with van der Waals surface area (Å²) >= 11 is 0. The van der Waals surface area contributed by atoms with Gasteiger partial charge in [0.2, 0.25) is 0 Å². The van der Waals surface area contributed by atoms with Gasteiger partial charge in [-0.25, -0.2) is 0 Å². The minimum Gasteiger partial charge on any atom is -0.508 e. The van der Waals surface area contributed by atoms with E-state index in [2.05, 4.69) is 21.3 Å². The van der Waals surface area contributed by atoms with Crippen LogP contribution in [-0.4, -0.2) is 67.0 Å². The summed E-state index contributed by atoms with van der Waals surface area (Å²) in [5.74, 6) is 2.24. The van der Waals surface area contributed by atoms with Gasteiger partial charge in [0.15, 0.2) is 0 Å². The molecule has 0 spiro atoms. The van der Waals surface area contributed by atoms with Crippen molar-refractivity contribution in [3.8, 4) is 46.0 Å². The second kappa shape index (κ2) is 18.4. The van der Waals surface area contributed by atoms with Gasteiger partial charge in [0, 0.05) is 68.7 Å². The molecule has 0 amide bonds. The first-order chi connectivity index (χ1) is 29.1. The first-order valence-electron chi connectivity index (χ1n) is 22.2. The van der Waals surface area contributed by atoms with E-state index in [9.17, 15) is 40.9 Å². The number of fused-ring (bicyclic) bond motifs is 4. The summed E-state index contributed by atoms with van der Waals surface area (Å²) in [6.45, 7) is 2.85. The Morgan fingerprint density at radius 3 is 0.783 bits per heavy atom. The van der Waals surface area contributed by atoms with Crippen molar-refractivity contribution in [2.24, 2.45) is 11.8 Å². The van der Waals surface area contributed by atoms with Gasteiger partial charge in [-0.15, -0.1) is 0 Å². The van der Waals surface area contributed by atoms with Gasteiger partial charge in [0.1, 0.15) is 46.0 Å². The fourth-order valence-electron chi connectivity index (χ4n) is 11.0. The normalized spacial score (nSPS) is 21.9. The lowest BCUT2D eigenvalue weighted by atomic mass is 9.79. The highest BCUT2D eigenvalue weighted by Gasteiger charge is 2.32. The second-order valence-electron chi connectivity index (χ2n) is 17.6. The molecule has 4 aliphatic heterocycles. The fraction of sp³-hybridized carbons (Fsp3) is 0.500. The number of benzene rings is 4. The van der Waals surface area contributed by atoms with Crippen LogP contribution in [0, 0.1) is 11.8 Å². The Balaban J connectivity index is 1.03. The maximum Gasteiger partial charge on any atom is 0.120 e. The molecule has 8 rings (SSSR count). The van der Waals surface area contributed by atoms with Crippen molar-refractivity contribution < 1.29 is 40.9 Å². The van der Waals surface area contributed by atoms with E-state index in [1.54, 1.807) is 48.5 Å². The molecule has 12 heteroatoms. The summed E-state index contributed by atoms with van der Waals surface area (Å²) in [5, 5.41) is 101. The van der Waals surface area contributed by atoms with Gasteiger partial charge in [0.05, 0.1) is 0 Å². The molecule has 60 heavy (non-hydrogen) atoms. The summed E-state index contributed by atoms with van der Waals surface area (Å²) in [6.07, 6.45) is 11.1. The van der Waals surface area contributed by atoms with Crippen molar-refractivity contribution in [1.82, 2.24) is 21.3 Å². The van der Waals surface area contributed by atoms with Crippen LogP contribution in [-0.2, 0) is 25.7 Å². The van der Waals surface area contributed by atoms with Crippen LogP contribution in [0.25, 0.3) is 0 Å². The van der Waals surface area contributed by atoms with Crippen molar-refractivity contribution in [2.45, 2.75) is 114 Å². The van der Waals surface area contributed by atoms with Crippen LogP contribution in [0.3, 0.4) is 0 Å². The Bertz CT molecular complexity index is 1860. The van der Waals surface area contributed by atoms with Crippen LogP contribution in [0.5, 0.6) is 46.0 Å². The van der Waals surface area contributed by atoms with Gasteiger partial charge in [0.25, 0.3) is 0 Å². The molecule has 0 radical (unpaired) electrons. The van der Waals surface area contributed by atoms with Crippen molar-refractivity contribution >= 4 is 0 Å². The summed E-state index contributed by atoms with van der Waals surface area (Å²) in [4.78, 5) is 0. The molecule has 4 aromatic rings. The molecule has 12 nitrogen and oxygen atoms in total. The Kier molecular flexibility index (Phi) is 12.8. The Hall–Kier alpha value is -4.88. The average Bonchev–Trinajstić information content (AvgIpc) is 3.26. The Morgan fingerprint density at radius 1 is 0.333 bits per heavy atom. The van der Waals surface area contributed by atoms with Gasteiger partial charge < -0.3 is 62.1 Å². The van der Waals surface area contributed by atoms with Crippen LogP contribution in [0.1, 0.15) is 133 Å². The van der Waals surface area contributed by atoms with Gasteiger partial charge in [-0.2, -0.15) is 0 Å². The number of hydrogen-bond donors (Lipinski definition) is 12. The standard InChI is InChI=1S/C48H62N4O8/c53-37-11-15-41(57)45-29(37)19-23-49-33(45)7-3-27(4-8-34-46-30(20-24-50-34)38(54)12-16-42(46)58)1-2-28(5-9-35-47-31(21-25-51-35)39(55)13-17-43(47)59)6-10-36-48-32(22-26-52-36)40(56)14-18-44(48)60/h11-18,27-28,33-36,49-60H,1-10,19-26H2. The predicted molar refractivity (Wildman–Crippen MR) is 230 cm³/mol. The first kappa shape index (κ1) is 41.8. The van der Waals surface area contributed by atoms with Crippen LogP contribution < -0.4 is 21.3 Å². The SMILES string of the molecule is Oc1ccc(O)c2c1CCNC2CCC(CCC(CCC1NCCc2c(O)ccc(O)c21)CCC1NCCc2c(O)ccc(O)c21)CCC1NCCc2c(O)ccc(O)c21. The van der Waals surface area contributed by atoms with E-state index in [4.69, 9.17) is 0 Å². The van der Waals surface area contributed by atoms with Crippen LogP contribution in [0.2, 0.25) is 0 Å². The first-order valence-corrected chi connectivity index (χ1v) is 22.2. The third-order valence-corrected chi connectivity index (χ3v) is 14.1. The molecule has 0 bridgehead atoms. The van der Waals surface area contributed by atoms with E-state index in [1.165, 1.54) is 0 Å². The molecule has 4 aromatic carbocycles. The van der Waals surface area contributed by atoms with E-state index in [1.807, 2.05) is 0 Å². The third kappa shape index (κ3) is 8.79. The zero-order valence-electron chi connectivity index (χ0n) is 34.4. The molecule has 0 saturated carbocycles. The van der Waals surface area contributed by atoms with Crippen LogP contribution in [0.4, 0.5) is 0 Å². The van der Waals surface area contributed by atoms with Crippen molar-refractivity contribution in [1.29, 1.82) is 0 Å². The van der Waals surface area contributed by atoms with E-state index in [0.29, 0.717) is 51.9 Å². The predicted octanol–water partition coefficient (Wildman–Crippen LogP) is 7.31. The number of hydrogen-bond acceptors (Lipinski definition) is 12. The summed E-state index contributed by atoms with van der Waals surface area (Å²) in [7, 11) is 0. The van der Waals surface area contributed by atoms with E-state index in [-0.39, 0.29) is 82.0 Å². The molecule has 0 aliphatic carbocycles. The highest BCUT2D eigenvalue weighted by atomic mass is 16.3. The molecular weight excluding hydrogens is 761 g/mol. The number of aromatic hydroxyl groups is 8. The lowest BCUT2D eigenvalue weighted by Gasteiger charge is -2.33. The summed E-state index contributed by atoms with van der Waals surface area (Å²) in [6, 6.07) is 12.2. The summed E-state index contributed by atoms with van der Waals surface area (Å²) < 4.78 is 0. The van der Waals surface area contributed by atoms with Gasteiger partial charge >= 0.3 is 0 Å². The lowest BCUT2D eigenvalue weighted by molar-refractivity contribution is 0.275. The molecule has 0 saturated heterocycles. The minimum absolute atomic E-state index is 0.100. The summed E-state index contributed by atoms with van der Waals surface area (Å²) in [5.41, 5.74) is 6.36. The molecule has 4 atom stereocenters. The molecule has 4 heterocycles. The topological polar surface area (TPSA) is 210 Å². The average molecular weight is 823 g/mol. The highest BCUT2D eigenvalue weighted by molar-refractivity contribution is 5.53. The number of nitrogens with one attached hydrogen (secondary N) is 4. The van der Waals surface area contributed by atoms with Crippen LogP contribution in [0.15, 0.2) is 48.5 Å². The maximum absolute atomic E-state index is 11.0. The quantitative estimate of drug-likeness (QED) is 0.0533. The molecule has 4 unspecified atom stereocenters. The minimum atomic E-state index is -0.100. The monoisotopic (exact) mass is 822 g/mol. The fourth-order valence-corrected chi connectivity index (χ4v) is 11.0. The van der Waals surface area contributed by atoms with Crippen molar-refractivity contribution in [2.75, 3.05) is 26.2 Å². The smallest absolute Gasteiger partial charge is 0.120 e. The van der Waals surface area contributed by atoms with E-state index < -0.39 is 0 Å². The number of rotatable bonds is 15. The second-order valence-corrected chi connectivity index (χ2v) is 17.6. The zero-order valence-corrected chi connectivity index (χ0v) is 34.4. The zero-order chi connectivity index (χ0) is 41.9. The Morgan fingerprint density at radius 2 is 0.550 bits per heavy atom. The van der Waals surface area contributed by atoms with Gasteiger partial charge in [-0.05, 0) is 164 Å². The molecule has 0 aromatic heterocycles. The van der Waals surface area contributed by atoms with Gasteiger partial charge in [-0.1, -0.05) is 12.8 Å². The molecule has 322 valence electrons. The number of phenolic OH excluding ortho intramolecular Hbond substituents is 8. The van der Waals surface area contributed by atoms with Crippen molar-refractivity contribution in [3.63, 3.8) is 0 Å². The van der Waals surface area contributed by atoms with Crippen LogP contribution >= 0.6 is 0 Å². The van der Waals surface area contributed by atoms with Crippen molar-refractivity contribution in [3.05, 3.63) is 93.0 Å². The van der Waals surface area contributed by atoms with E-state index >= 15 is 0 Å². The lowest BCUT2D eigenvalue weighted by Crippen LogP contribution is -2.31. The molecule has 0 fully saturated rings. The number of phenols is 8.